The highest BCUT2D eigenvalue weighted by atomic mass is 16.6. The van der Waals surface area contributed by atoms with E-state index in [1.54, 1.807) is 4.90 Å². The Bertz CT molecular complexity index is 560. The fourth-order valence-electron chi connectivity index (χ4n) is 2.94. The summed E-state index contributed by atoms with van der Waals surface area (Å²) >= 11 is 0. The standard InChI is InChI=1S/C16H24N4O2/c1-16(2,3)22-15(21)20-10-8-19(9-11-20)13-5-7-18-14-12(13)4-6-17-14/h5,7H,4,6,8-11H2,1-3H3,(H,17,18). The Labute approximate surface area is 131 Å². The van der Waals surface area contributed by atoms with Gasteiger partial charge in [0, 0.05) is 50.2 Å². The lowest BCUT2D eigenvalue weighted by Gasteiger charge is -2.37. The summed E-state index contributed by atoms with van der Waals surface area (Å²) < 4.78 is 5.44. The van der Waals surface area contributed by atoms with Crippen molar-refractivity contribution in [2.24, 2.45) is 0 Å². The molecule has 1 N–H and O–H groups in total. The summed E-state index contributed by atoms with van der Waals surface area (Å²) in [6, 6.07) is 2.08. The minimum absolute atomic E-state index is 0.214. The van der Waals surface area contributed by atoms with Crippen molar-refractivity contribution in [3.63, 3.8) is 0 Å². The predicted octanol–water partition coefficient (Wildman–Crippen LogP) is 2.11. The maximum Gasteiger partial charge on any atom is 0.410 e. The van der Waals surface area contributed by atoms with Crippen molar-refractivity contribution in [1.82, 2.24) is 9.88 Å². The molecular formula is C16H24N4O2. The van der Waals surface area contributed by atoms with Crippen LogP contribution in [0.3, 0.4) is 0 Å². The van der Waals surface area contributed by atoms with Gasteiger partial charge in [0.2, 0.25) is 0 Å². The van der Waals surface area contributed by atoms with Gasteiger partial charge in [-0.15, -0.1) is 0 Å². The first-order valence-electron chi connectivity index (χ1n) is 7.89. The van der Waals surface area contributed by atoms with Gasteiger partial charge in [-0.1, -0.05) is 0 Å². The van der Waals surface area contributed by atoms with E-state index in [0.717, 1.165) is 31.9 Å². The first kappa shape index (κ1) is 14.9. The molecule has 0 aromatic carbocycles. The van der Waals surface area contributed by atoms with Crippen molar-refractivity contribution in [2.45, 2.75) is 32.8 Å². The van der Waals surface area contributed by atoms with E-state index in [4.69, 9.17) is 4.74 Å². The zero-order chi connectivity index (χ0) is 15.7. The van der Waals surface area contributed by atoms with Crippen LogP contribution >= 0.6 is 0 Å². The van der Waals surface area contributed by atoms with Crippen LogP contribution in [0.5, 0.6) is 0 Å². The number of carbonyl (C=O) groups is 1. The Kier molecular flexibility index (Phi) is 3.85. The number of anilines is 2. The second-order valence-corrected chi connectivity index (χ2v) is 6.79. The number of carbonyl (C=O) groups excluding carboxylic acids is 1. The van der Waals surface area contributed by atoms with E-state index in [2.05, 4.69) is 21.3 Å². The van der Waals surface area contributed by atoms with E-state index < -0.39 is 5.60 Å². The molecule has 0 spiro atoms. The molecule has 0 bridgehead atoms. The molecule has 0 atom stereocenters. The maximum atomic E-state index is 12.1. The Balaban J connectivity index is 1.63. The van der Waals surface area contributed by atoms with Crippen molar-refractivity contribution in [2.75, 3.05) is 42.9 Å². The number of hydrogen-bond acceptors (Lipinski definition) is 5. The lowest BCUT2D eigenvalue weighted by atomic mass is 10.1. The molecule has 6 nitrogen and oxygen atoms in total. The van der Waals surface area contributed by atoms with Gasteiger partial charge in [-0.05, 0) is 33.3 Å². The summed E-state index contributed by atoms with van der Waals surface area (Å²) in [7, 11) is 0. The van der Waals surface area contributed by atoms with Crippen LogP contribution in [0.4, 0.5) is 16.3 Å². The van der Waals surface area contributed by atoms with Crippen LogP contribution in [-0.4, -0.2) is 54.3 Å². The molecule has 0 radical (unpaired) electrons. The number of fused-ring (bicyclic) bond motifs is 1. The summed E-state index contributed by atoms with van der Waals surface area (Å²) in [6.07, 6.45) is 2.66. The number of rotatable bonds is 1. The largest absolute Gasteiger partial charge is 0.444 e. The molecule has 6 heteroatoms. The zero-order valence-electron chi connectivity index (χ0n) is 13.6. The van der Waals surface area contributed by atoms with Gasteiger partial charge in [0.1, 0.15) is 11.4 Å². The molecular weight excluding hydrogens is 280 g/mol. The van der Waals surface area contributed by atoms with Gasteiger partial charge in [0.05, 0.1) is 0 Å². The lowest BCUT2D eigenvalue weighted by Crippen LogP contribution is -2.50. The quantitative estimate of drug-likeness (QED) is 0.861. The molecule has 2 aliphatic rings. The van der Waals surface area contributed by atoms with E-state index in [-0.39, 0.29) is 6.09 Å². The number of ether oxygens (including phenoxy) is 1. The summed E-state index contributed by atoms with van der Waals surface area (Å²) in [5, 5.41) is 3.31. The second-order valence-electron chi connectivity index (χ2n) is 6.79. The smallest absolute Gasteiger partial charge is 0.410 e. The van der Waals surface area contributed by atoms with Crippen LogP contribution < -0.4 is 10.2 Å². The first-order valence-corrected chi connectivity index (χ1v) is 7.89. The molecule has 3 rings (SSSR count). The molecule has 22 heavy (non-hydrogen) atoms. The Morgan fingerprint density at radius 1 is 1.27 bits per heavy atom. The highest BCUT2D eigenvalue weighted by Crippen LogP contribution is 2.30. The number of nitrogens with one attached hydrogen (secondary N) is 1. The summed E-state index contributed by atoms with van der Waals surface area (Å²) in [5.74, 6) is 1.01. The van der Waals surface area contributed by atoms with Crippen molar-refractivity contribution in [1.29, 1.82) is 0 Å². The number of piperazine rings is 1. The van der Waals surface area contributed by atoms with Gasteiger partial charge < -0.3 is 19.9 Å². The summed E-state index contributed by atoms with van der Waals surface area (Å²) in [4.78, 5) is 20.6. The van der Waals surface area contributed by atoms with E-state index in [9.17, 15) is 4.79 Å². The number of hydrogen-bond donors (Lipinski definition) is 1. The van der Waals surface area contributed by atoms with E-state index >= 15 is 0 Å². The highest BCUT2D eigenvalue weighted by molar-refractivity contribution is 5.69. The molecule has 0 unspecified atom stereocenters. The fraction of sp³-hybridized carbons (Fsp3) is 0.625. The Morgan fingerprint density at radius 3 is 2.68 bits per heavy atom. The molecule has 0 saturated carbocycles. The number of amides is 1. The van der Waals surface area contributed by atoms with Crippen LogP contribution in [0, 0.1) is 0 Å². The van der Waals surface area contributed by atoms with E-state index in [1.165, 1.54) is 11.3 Å². The van der Waals surface area contributed by atoms with Gasteiger partial charge in [-0.2, -0.15) is 0 Å². The molecule has 1 saturated heterocycles. The normalized spacial score (nSPS) is 18.0. The molecule has 1 aromatic heterocycles. The minimum Gasteiger partial charge on any atom is -0.444 e. The van der Waals surface area contributed by atoms with Gasteiger partial charge in [0.25, 0.3) is 0 Å². The molecule has 3 heterocycles. The predicted molar refractivity (Wildman–Crippen MR) is 86.5 cm³/mol. The number of aromatic nitrogens is 1. The average Bonchev–Trinajstić information content (AvgIpc) is 2.94. The van der Waals surface area contributed by atoms with Crippen LogP contribution in [0.25, 0.3) is 0 Å². The molecule has 0 aliphatic carbocycles. The van der Waals surface area contributed by atoms with Crippen molar-refractivity contribution in [3.8, 4) is 0 Å². The third-order valence-corrected chi connectivity index (χ3v) is 3.97. The maximum absolute atomic E-state index is 12.1. The first-order chi connectivity index (χ1) is 10.4. The third kappa shape index (κ3) is 3.10. The van der Waals surface area contributed by atoms with Crippen LogP contribution in [0.2, 0.25) is 0 Å². The van der Waals surface area contributed by atoms with Gasteiger partial charge in [-0.25, -0.2) is 9.78 Å². The van der Waals surface area contributed by atoms with Crippen LogP contribution in [0.1, 0.15) is 26.3 Å². The van der Waals surface area contributed by atoms with Gasteiger partial charge in [-0.3, -0.25) is 0 Å². The van der Waals surface area contributed by atoms with Crippen molar-refractivity contribution < 1.29 is 9.53 Å². The van der Waals surface area contributed by atoms with E-state index in [1.807, 2.05) is 27.0 Å². The second kappa shape index (κ2) is 5.66. The van der Waals surface area contributed by atoms with Crippen molar-refractivity contribution >= 4 is 17.6 Å². The summed E-state index contributed by atoms with van der Waals surface area (Å²) in [5.41, 5.74) is 2.11. The highest BCUT2D eigenvalue weighted by Gasteiger charge is 2.27. The Hall–Kier alpha value is -1.98. The molecule has 120 valence electrons. The molecule has 2 aliphatic heterocycles. The SMILES string of the molecule is CC(C)(C)OC(=O)N1CCN(c2ccnc3c2CCN3)CC1. The fourth-order valence-corrected chi connectivity index (χ4v) is 2.94. The average molecular weight is 304 g/mol. The van der Waals surface area contributed by atoms with Crippen LogP contribution in [0.15, 0.2) is 12.3 Å². The van der Waals surface area contributed by atoms with Crippen LogP contribution in [-0.2, 0) is 11.2 Å². The van der Waals surface area contributed by atoms with E-state index in [0.29, 0.717) is 13.1 Å². The molecule has 1 fully saturated rings. The minimum atomic E-state index is -0.439. The zero-order valence-corrected chi connectivity index (χ0v) is 13.6. The number of pyridine rings is 1. The molecule has 1 aromatic rings. The lowest BCUT2D eigenvalue weighted by molar-refractivity contribution is 0.0240. The number of nitrogens with zero attached hydrogens (tertiary/aromatic N) is 3. The third-order valence-electron chi connectivity index (χ3n) is 3.97. The van der Waals surface area contributed by atoms with Gasteiger partial charge in [0.15, 0.2) is 0 Å². The monoisotopic (exact) mass is 304 g/mol. The molecule has 1 amide bonds. The Morgan fingerprint density at radius 2 is 2.00 bits per heavy atom. The topological polar surface area (TPSA) is 57.7 Å². The van der Waals surface area contributed by atoms with Gasteiger partial charge >= 0.3 is 6.09 Å². The summed E-state index contributed by atoms with van der Waals surface area (Å²) in [6.45, 7) is 9.69. The van der Waals surface area contributed by atoms with Crippen molar-refractivity contribution in [3.05, 3.63) is 17.8 Å².